The molecule has 3 N–H and O–H groups in total. The lowest BCUT2D eigenvalue weighted by Gasteiger charge is -2.26. The topological polar surface area (TPSA) is 108 Å². The second-order valence-electron chi connectivity index (χ2n) is 9.49. The van der Waals surface area contributed by atoms with E-state index in [-0.39, 0.29) is 25.1 Å². The smallest absolute Gasteiger partial charge is 0.406 e. The number of alkyl halides is 3. The van der Waals surface area contributed by atoms with Crippen LogP contribution in [0.25, 0.3) is 0 Å². The van der Waals surface area contributed by atoms with Crippen LogP contribution in [0.2, 0.25) is 0 Å². The normalized spacial score (nSPS) is 14.1. The number of amides is 1. The first-order valence-corrected chi connectivity index (χ1v) is 14.4. The predicted octanol–water partition coefficient (Wildman–Crippen LogP) is 3.45. The Bertz CT molecular complexity index is 907. The van der Waals surface area contributed by atoms with Crippen molar-refractivity contribution in [1.82, 2.24) is 14.9 Å². The molecule has 214 valence electrons. The number of hydrogen-bond acceptors (Lipinski definition) is 6. The maximum Gasteiger partial charge on any atom is 0.573 e. The highest BCUT2D eigenvalue weighted by molar-refractivity contribution is 7.89. The van der Waals surface area contributed by atoms with E-state index >= 15 is 0 Å². The molecule has 0 aliphatic rings. The Hall–Kier alpha value is -1.89. The summed E-state index contributed by atoms with van der Waals surface area (Å²) in [4.78, 5) is 12.7. The number of rotatable bonds is 18. The molecule has 0 spiro atoms. The summed E-state index contributed by atoms with van der Waals surface area (Å²) >= 11 is 0. The van der Waals surface area contributed by atoms with Crippen LogP contribution in [-0.4, -0.2) is 74.2 Å². The molecule has 1 aromatic carbocycles. The zero-order valence-corrected chi connectivity index (χ0v) is 23.0. The molecule has 12 heteroatoms. The number of carbonyl (C=O) groups is 1. The lowest BCUT2D eigenvalue weighted by Crippen LogP contribution is -2.49. The Kier molecular flexibility index (Phi) is 14.5. The Balaban J connectivity index is 2.92. The third-order valence-corrected chi connectivity index (χ3v) is 7.45. The summed E-state index contributed by atoms with van der Waals surface area (Å²) < 4.78 is 68.6. The van der Waals surface area contributed by atoms with E-state index in [1.165, 1.54) is 16.4 Å². The van der Waals surface area contributed by atoms with Crippen LogP contribution < -0.4 is 15.4 Å². The first kappa shape index (κ1) is 33.1. The van der Waals surface area contributed by atoms with Crippen molar-refractivity contribution < 1.29 is 36.2 Å². The minimum Gasteiger partial charge on any atom is -0.406 e. The molecule has 1 rings (SSSR count). The molecule has 0 aliphatic heterocycles. The van der Waals surface area contributed by atoms with Gasteiger partial charge in [-0.25, -0.2) is 12.7 Å². The molecule has 0 heterocycles. The molecule has 0 saturated carbocycles. The molecule has 8 nitrogen and oxygen atoms in total. The lowest BCUT2D eigenvalue weighted by molar-refractivity contribution is -0.274. The van der Waals surface area contributed by atoms with E-state index in [0.717, 1.165) is 12.5 Å². The number of nitrogens with zero attached hydrogens (tertiary/aromatic N) is 1. The van der Waals surface area contributed by atoms with Gasteiger partial charge in [0.25, 0.3) is 0 Å². The fraction of sp³-hybridized carbons (Fsp3) is 0.720. The largest absolute Gasteiger partial charge is 0.573 e. The first-order chi connectivity index (χ1) is 17.3. The first-order valence-electron chi connectivity index (χ1n) is 12.8. The molecule has 0 unspecified atom stereocenters. The van der Waals surface area contributed by atoms with E-state index in [4.69, 9.17) is 0 Å². The van der Waals surface area contributed by atoms with Gasteiger partial charge in [0.2, 0.25) is 15.9 Å². The van der Waals surface area contributed by atoms with Crippen molar-refractivity contribution in [1.29, 1.82) is 0 Å². The summed E-state index contributed by atoms with van der Waals surface area (Å²) in [6, 6.07) is 4.47. The summed E-state index contributed by atoms with van der Waals surface area (Å²) in [5.41, 5.74) is 0.415. The zero-order valence-electron chi connectivity index (χ0n) is 22.2. The van der Waals surface area contributed by atoms with Crippen molar-refractivity contribution in [2.24, 2.45) is 5.92 Å². The van der Waals surface area contributed by atoms with Crippen molar-refractivity contribution in [3.63, 3.8) is 0 Å². The van der Waals surface area contributed by atoms with Gasteiger partial charge in [-0.05, 0) is 55.8 Å². The lowest BCUT2D eigenvalue weighted by atomic mass is 10.0. The minimum atomic E-state index is -4.85. The van der Waals surface area contributed by atoms with Gasteiger partial charge in [0.1, 0.15) is 5.75 Å². The van der Waals surface area contributed by atoms with Gasteiger partial charge in [-0.2, -0.15) is 0 Å². The molecule has 0 saturated heterocycles. The summed E-state index contributed by atoms with van der Waals surface area (Å²) in [6.45, 7) is 9.42. The van der Waals surface area contributed by atoms with Crippen molar-refractivity contribution in [3.05, 3.63) is 29.8 Å². The molecule has 0 aliphatic carbocycles. The third kappa shape index (κ3) is 14.0. The summed E-state index contributed by atoms with van der Waals surface area (Å²) in [6.07, 6.45) is -3.99. The number of aliphatic hydroxyl groups excluding tert-OH is 1. The molecular weight excluding hydrogens is 511 g/mol. The molecule has 2 atom stereocenters. The Morgan fingerprint density at radius 1 is 1.16 bits per heavy atom. The van der Waals surface area contributed by atoms with E-state index in [1.54, 1.807) is 6.07 Å². The van der Waals surface area contributed by atoms with Crippen molar-refractivity contribution in [2.75, 3.05) is 31.9 Å². The van der Waals surface area contributed by atoms with Gasteiger partial charge in [0, 0.05) is 26.1 Å². The van der Waals surface area contributed by atoms with Crippen molar-refractivity contribution in [2.45, 2.75) is 78.3 Å². The maximum atomic E-state index is 12.7. The molecular formula is C25H42F3N3O5S. The fourth-order valence-electron chi connectivity index (χ4n) is 3.71. The number of hydrogen-bond donors (Lipinski definition) is 3. The monoisotopic (exact) mass is 553 g/mol. The van der Waals surface area contributed by atoms with Gasteiger partial charge in [0.15, 0.2) is 0 Å². The highest BCUT2D eigenvalue weighted by Gasteiger charge is 2.31. The minimum absolute atomic E-state index is 0.0262. The second kappa shape index (κ2) is 16.2. The average molecular weight is 554 g/mol. The van der Waals surface area contributed by atoms with Crippen LogP contribution >= 0.6 is 0 Å². The Morgan fingerprint density at radius 2 is 1.81 bits per heavy atom. The maximum absolute atomic E-state index is 12.7. The van der Waals surface area contributed by atoms with Gasteiger partial charge < -0.3 is 20.5 Å². The number of sulfonamides is 1. The van der Waals surface area contributed by atoms with Gasteiger partial charge in [-0.15, -0.1) is 13.2 Å². The van der Waals surface area contributed by atoms with Crippen LogP contribution in [0, 0.1) is 5.92 Å². The summed E-state index contributed by atoms with van der Waals surface area (Å²) in [5.74, 6) is -0.884. The Labute approximate surface area is 219 Å². The van der Waals surface area contributed by atoms with E-state index < -0.39 is 40.2 Å². The molecule has 0 fully saturated rings. The molecule has 0 aromatic heterocycles. The van der Waals surface area contributed by atoms with Gasteiger partial charge in [0.05, 0.1) is 17.9 Å². The average Bonchev–Trinajstić information content (AvgIpc) is 2.79. The van der Waals surface area contributed by atoms with Crippen LogP contribution in [0.3, 0.4) is 0 Å². The van der Waals surface area contributed by atoms with Gasteiger partial charge in [-0.1, -0.05) is 39.8 Å². The number of benzene rings is 1. The summed E-state index contributed by atoms with van der Waals surface area (Å²) in [5, 5.41) is 16.6. The van der Waals surface area contributed by atoms with E-state index in [0.29, 0.717) is 44.0 Å². The van der Waals surface area contributed by atoms with Gasteiger partial charge >= 0.3 is 6.36 Å². The molecule has 1 amide bonds. The highest BCUT2D eigenvalue weighted by atomic mass is 32.2. The van der Waals surface area contributed by atoms with Gasteiger partial charge in [-0.3, -0.25) is 4.79 Å². The number of aliphatic hydroxyl groups is 1. The molecule has 1 aromatic rings. The van der Waals surface area contributed by atoms with E-state index in [2.05, 4.69) is 29.2 Å². The SMILES string of the molecule is CCCN(CCC)S(=O)(=O)CCC(=O)N[C@@H](Cc1cccc(OC(F)(F)F)c1)[C@@H](O)CNCCC(C)C. The van der Waals surface area contributed by atoms with Crippen LogP contribution in [0.4, 0.5) is 13.2 Å². The molecule has 0 radical (unpaired) electrons. The van der Waals surface area contributed by atoms with Crippen LogP contribution in [-0.2, 0) is 21.2 Å². The standard InChI is InChI=1S/C25H42F3N3O5S/c1-5-13-31(14-6-2)37(34,35)15-11-24(33)30-22(23(32)18-29-12-10-19(3)4)17-20-8-7-9-21(16-20)36-25(26,27)28/h7-9,16,19,22-23,29,32H,5-6,10-15,17-18H2,1-4H3,(H,30,33)/t22-,23-/m0/s1. The van der Waals surface area contributed by atoms with Crippen molar-refractivity contribution >= 4 is 15.9 Å². The third-order valence-electron chi connectivity index (χ3n) is 5.58. The zero-order chi connectivity index (χ0) is 28.1. The number of carbonyl (C=O) groups excluding carboxylic acids is 1. The molecule has 37 heavy (non-hydrogen) atoms. The van der Waals surface area contributed by atoms with E-state index in [9.17, 15) is 31.5 Å². The second-order valence-corrected chi connectivity index (χ2v) is 11.6. The number of ether oxygens (including phenoxy) is 1. The van der Waals surface area contributed by atoms with E-state index in [1.807, 2.05) is 13.8 Å². The van der Waals surface area contributed by atoms with Crippen LogP contribution in [0.1, 0.15) is 58.9 Å². The number of nitrogens with one attached hydrogen (secondary N) is 2. The fourth-order valence-corrected chi connectivity index (χ4v) is 5.33. The quantitative estimate of drug-likeness (QED) is 0.241. The van der Waals surface area contributed by atoms with Crippen molar-refractivity contribution in [3.8, 4) is 5.75 Å². The molecule has 0 bridgehead atoms. The summed E-state index contributed by atoms with van der Waals surface area (Å²) in [7, 11) is -3.63. The predicted molar refractivity (Wildman–Crippen MR) is 138 cm³/mol. The van der Waals surface area contributed by atoms with Crippen LogP contribution in [0.5, 0.6) is 5.75 Å². The Morgan fingerprint density at radius 3 is 2.38 bits per heavy atom. The highest BCUT2D eigenvalue weighted by Crippen LogP contribution is 2.24. The number of halogens is 3. The van der Waals surface area contributed by atoms with Crippen LogP contribution in [0.15, 0.2) is 24.3 Å².